The first-order chi connectivity index (χ1) is 10.2. The Morgan fingerprint density at radius 1 is 1.19 bits per heavy atom. The Labute approximate surface area is 127 Å². The summed E-state index contributed by atoms with van der Waals surface area (Å²) in [6, 6.07) is 15.2. The van der Waals surface area contributed by atoms with Gasteiger partial charge in [-0.15, -0.1) is 0 Å². The molecule has 0 N–H and O–H groups in total. The lowest BCUT2D eigenvalue weighted by molar-refractivity contribution is 0.0529. The molecule has 3 nitrogen and oxygen atoms in total. The summed E-state index contributed by atoms with van der Waals surface area (Å²) in [5, 5.41) is 0.685. The van der Waals surface area contributed by atoms with Gasteiger partial charge in [0.25, 0.3) is 0 Å². The highest BCUT2D eigenvalue weighted by molar-refractivity contribution is 6.30. The van der Waals surface area contributed by atoms with E-state index in [2.05, 4.69) is 0 Å². The second kappa shape index (κ2) is 5.62. The minimum absolute atomic E-state index is 0.304. The van der Waals surface area contributed by atoms with Crippen molar-refractivity contribution in [2.75, 3.05) is 6.61 Å². The molecular formula is C17H14ClNO2. The van der Waals surface area contributed by atoms with Gasteiger partial charge in [-0.1, -0.05) is 29.8 Å². The monoisotopic (exact) mass is 299 g/mol. The number of benzene rings is 1. The Morgan fingerprint density at radius 3 is 2.67 bits per heavy atom. The van der Waals surface area contributed by atoms with Crippen molar-refractivity contribution in [3.05, 3.63) is 65.3 Å². The molecule has 4 heteroatoms. The van der Waals surface area contributed by atoms with Crippen LogP contribution >= 0.6 is 11.6 Å². The van der Waals surface area contributed by atoms with Crippen molar-refractivity contribution in [1.82, 2.24) is 4.40 Å². The van der Waals surface area contributed by atoms with E-state index in [4.69, 9.17) is 16.3 Å². The van der Waals surface area contributed by atoms with Gasteiger partial charge in [-0.3, -0.25) is 0 Å². The van der Waals surface area contributed by atoms with E-state index in [9.17, 15) is 4.79 Å². The zero-order valence-corrected chi connectivity index (χ0v) is 12.3. The molecule has 0 amide bonds. The first kappa shape index (κ1) is 13.7. The number of nitrogens with zero attached hydrogens (tertiary/aromatic N) is 1. The molecule has 0 unspecified atom stereocenters. The number of fused-ring (bicyclic) bond motifs is 1. The highest BCUT2D eigenvalue weighted by Crippen LogP contribution is 2.27. The second-order valence-corrected chi connectivity index (χ2v) is 5.06. The van der Waals surface area contributed by atoms with Crippen LogP contribution in [0.2, 0.25) is 5.02 Å². The predicted molar refractivity (Wildman–Crippen MR) is 83.8 cm³/mol. The van der Waals surface area contributed by atoms with Crippen LogP contribution in [0.4, 0.5) is 0 Å². The number of halogens is 1. The molecule has 2 aromatic heterocycles. The number of hydrogen-bond acceptors (Lipinski definition) is 2. The first-order valence-electron chi connectivity index (χ1n) is 6.74. The predicted octanol–water partition coefficient (Wildman–Crippen LogP) is 4.44. The van der Waals surface area contributed by atoms with Crippen molar-refractivity contribution < 1.29 is 9.53 Å². The average molecular weight is 300 g/mol. The van der Waals surface area contributed by atoms with Gasteiger partial charge in [-0.05, 0) is 42.8 Å². The SMILES string of the molecule is CCOC(=O)c1cc(-c2ccc(Cl)cc2)n2ccccc12. The van der Waals surface area contributed by atoms with E-state index in [-0.39, 0.29) is 5.97 Å². The van der Waals surface area contributed by atoms with Crippen LogP contribution in [0.15, 0.2) is 54.7 Å². The summed E-state index contributed by atoms with van der Waals surface area (Å²) in [5.74, 6) is -0.304. The highest BCUT2D eigenvalue weighted by Gasteiger charge is 2.16. The summed E-state index contributed by atoms with van der Waals surface area (Å²) < 4.78 is 7.11. The molecule has 0 aliphatic carbocycles. The molecule has 0 fully saturated rings. The third kappa shape index (κ3) is 2.52. The molecule has 0 atom stereocenters. The summed E-state index contributed by atoms with van der Waals surface area (Å²) in [4.78, 5) is 12.1. The van der Waals surface area contributed by atoms with Crippen LogP contribution in [-0.4, -0.2) is 17.0 Å². The average Bonchev–Trinajstić information content (AvgIpc) is 2.88. The number of aromatic nitrogens is 1. The van der Waals surface area contributed by atoms with Crippen LogP contribution in [-0.2, 0) is 4.74 Å². The third-order valence-corrected chi connectivity index (χ3v) is 3.56. The van der Waals surface area contributed by atoms with E-state index in [1.165, 1.54) is 0 Å². The molecule has 0 aliphatic heterocycles. The smallest absolute Gasteiger partial charge is 0.340 e. The first-order valence-corrected chi connectivity index (χ1v) is 7.11. The molecule has 3 aromatic rings. The lowest BCUT2D eigenvalue weighted by Crippen LogP contribution is -2.03. The van der Waals surface area contributed by atoms with Gasteiger partial charge >= 0.3 is 5.97 Å². The highest BCUT2D eigenvalue weighted by atomic mass is 35.5. The summed E-state index contributed by atoms with van der Waals surface area (Å²) >= 11 is 5.93. The number of carbonyl (C=O) groups excluding carboxylic acids is 1. The normalized spacial score (nSPS) is 10.8. The third-order valence-electron chi connectivity index (χ3n) is 3.31. The van der Waals surface area contributed by atoms with Gasteiger partial charge in [-0.25, -0.2) is 4.79 Å². The van der Waals surface area contributed by atoms with Crippen LogP contribution in [0.3, 0.4) is 0 Å². The van der Waals surface area contributed by atoms with Gasteiger partial charge in [0.05, 0.1) is 23.4 Å². The maximum Gasteiger partial charge on any atom is 0.340 e. The van der Waals surface area contributed by atoms with Gasteiger partial charge in [0, 0.05) is 11.2 Å². The molecule has 0 saturated heterocycles. The quantitative estimate of drug-likeness (QED) is 0.670. The number of rotatable bonds is 3. The van der Waals surface area contributed by atoms with Crippen molar-refractivity contribution in [3.63, 3.8) is 0 Å². The van der Waals surface area contributed by atoms with E-state index in [0.29, 0.717) is 17.2 Å². The fourth-order valence-corrected chi connectivity index (χ4v) is 2.49. The van der Waals surface area contributed by atoms with Gasteiger partial charge in [0.2, 0.25) is 0 Å². The van der Waals surface area contributed by atoms with E-state index >= 15 is 0 Å². The molecule has 3 rings (SSSR count). The molecule has 0 aliphatic rings. The molecule has 2 heterocycles. The van der Waals surface area contributed by atoms with E-state index in [0.717, 1.165) is 16.8 Å². The summed E-state index contributed by atoms with van der Waals surface area (Å²) in [7, 11) is 0. The van der Waals surface area contributed by atoms with Gasteiger partial charge in [0.1, 0.15) is 0 Å². The van der Waals surface area contributed by atoms with E-state index in [1.54, 1.807) is 6.92 Å². The maximum atomic E-state index is 12.1. The molecule has 106 valence electrons. The minimum atomic E-state index is -0.304. The summed E-state index contributed by atoms with van der Waals surface area (Å²) in [6.07, 6.45) is 1.93. The van der Waals surface area contributed by atoms with Crippen molar-refractivity contribution >= 4 is 23.1 Å². The lowest BCUT2D eigenvalue weighted by atomic mass is 10.1. The molecule has 1 aromatic carbocycles. The Balaban J connectivity index is 2.19. The fourth-order valence-electron chi connectivity index (χ4n) is 2.37. The van der Waals surface area contributed by atoms with Crippen LogP contribution in [0, 0.1) is 0 Å². The molecule has 21 heavy (non-hydrogen) atoms. The van der Waals surface area contributed by atoms with Crippen LogP contribution in [0.5, 0.6) is 0 Å². The summed E-state index contributed by atoms with van der Waals surface area (Å²) in [5.41, 5.74) is 3.34. The summed E-state index contributed by atoms with van der Waals surface area (Å²) in [6.45, 7) is 2.16. The second-order valence-electron chi connectivity index (χ2n) is 4.63. The topological polar surface area (TPSA) is 30.7 Å². The van der Waals surface area contributed by atoms with Gasteiger partial charge < -0.3 is 9.14 Å². The fraction of sp³-hybridized carbons (Fsp3) is 0.118. The van der Waals surface area contributed by atoms with Crippen molar-refractivity contribution in [1.29, 1.82) is 0 Å². The molecule has 0 saturated carbocycles. The van der Waals surface area contributed by atoms with Crippen LogP contribution < -0.4 is 0 Å². The lowest BCUT2D eigenvalue weighted by Gasteiger charge is -2.03. The molecule has 0 bridgehead atoms. The van der Waals surface area contributed by atoms with Crippen molar-refractivity contribution in [3.8, 4) is 11.3 Å². The van der Waals surface area contributed by atoms with Crippen molar-refractivity contribution in [2.45, 2.75) is 6.92 Å². The largest absolute Gasteiger partial charge is 0.462 e. The minimum Gasteiger partial charge on any atom is -0.462 e. The molecule has 0 spiro atoms. The van der Waals surface area contributed by atoms with E-state index < -0.39 is 0 Å². The molecular weight excluding hydrogens is 286 g/mol. The molecule has 0 radical (unpaired) electrons. The zero-order chi connectivity index (χ0) is 14.8. The number of carbonyl (C=O) groups is 1. The van der Waals surface area contributed by atoms with E-state index in [1.807, 2.05) is 59.1 Å². The Bertz CT molecular complexity index is 790. The number of esters is 1. The van der Waals surface area contributed by atoms with Crippen molar-refractivity contribution in [2.24, 2.45) is 0 Å². The van der Waals surface area contributed by atoms with Crippen LogP contribution in [0.1, 0.15) is 17.3 Å². The zero-order valence-electron chi connectivity index (χ0n) is 11.5. The Morgan fingerprint density at radius 2 is 1.95 bits per heavy atom. The van der Waals surface area contributed by atoms with Gasteiger partial charge in [0.15, 0.2) is 0 Å². The van der Waals surface area contributed by atoms with Gasteiger partial charge in [-0.2, -0.15) is 0 Å². The standard InChI is InChI=1S/C17H14ClNO2/c1-2-21-17(20)14-11-16(12-6-8-13(18)9-7-12)19-10-4-3-5-15(14)19/h3-11H,2H2,1H3. The Hall–Kier alpha value is -2.26. The number of hydrogen-bond donors (Lipinski definition) is 0. The number of pyridine rings is 1. The maximum absolute atomic E-state index is 12.1. The van der Waals surface area contributed by atoms with Crippen LogP contribution in [0.25, 0.3) is 16.8 Å². The Kier molecular flexibility index (Phi) is 3.67. The number of ether oxygens (including phenoxy) is 1.